The van der Waals surface area contributed by atoms with Gasteiger partial charge in [0.05, 0.1) is 5.69 Å². The van der Waals surface area contributed by atoms with Crippen molar-refractivity contribution >= 4 is 37.4 Å². The molecule has 0 amide bonds. The van der Waals surface area contributed by atoms with E-state index in [-0.39, 0.29) is 5.41 Å². The zero-order valence-corrected chi connectivity index (χ0v) is 20.2. The van der Waals surface area contributed by atoms with Crippen LogP contribution in [0.5, 0.6) is 0 Å². The number of hydrogen-bond acceptors (Lipinski definition) is 0. The second kappa shape index (κ2) is 8.12. The van der Waals surface area contributed by atoms with Crippen molar-refractivity contribution < 1.29 is 0 Å². The highest BCUT2D eigenvalue weighted by atomic mass is 79.9. The molecule has 0 radical (unpaired) electrons. The molecule has 0 saturated heterocycles. The molecular weight excluding hydrogens is 486 g/mol. The maximum Gasteiger partial charge on any atom is 0.0603 e. The zero-order valence-electron chi connectivity index (χ0n) is 17.0. The molecule has 1 aliphatic rings. The lowest BCUT2D eigenvalue weighted by Crippen LogP contribution is -2.10. The van der Waals surface area contributed by atoms with Crippen LogP contribution in [-0.4, -0.2) is 4.57 Å². The molecule has 29 heavy (non-hydrogen) atoms. The van der Waals surface area contributed by atoms with Gasteiger partial charge in [0.15, 0.2) is 0 Å². The van der Waals surface area contributed by atoms with Gasteiger partial charge in [-0.3, -0.25) is 0 Å². The Bertz CT molecular complexity index is 1080. The maximum absolute atomic E-state index is 3.63. The second-order valence-corrected chi connectivity index (χ2v) is 10.5. The predicted molar refractivity (Wildman–Crippen MR) is 132 cm³/mol. The third-order valence-corrected chi connectivity index (χ3v) is 6.65. The molecule has 1 heterocycles. The molecule has 1 nitrogen and oxygen atoms in total. The molecule has 148 valence electrons. The molecule has 1 aromatic heterocycles. The minimum atomic E-state index is 0.151. The molecule has 4 rings (SSSR count). The van der Waals surface area contributed by atoms with E-state index in [0.717, 1.165) is 17.3 Å². The van der Waals surface area contributed by atoms with Crippen LogP contribution >= 0.6 is 31.9 Å². The molecule has 0 fully saturated rings. The first-order valence-corrected chi connectivity index (χ1v) is 11.6. The number of allylic oxidation sites excluding steroid dienone is 4. The minimum Gasteiger partial charge on any atom is -0.316 e. The van der Waals surface area contributed by atoms with E-state index in [0.29, 0.717) is 0 Å². The van der Waals surface area contributed by atoms with Gasteiger partial charge in [-0.2, -0.15) is 0 Å². The lowest BCUT2D eigenvalue weighted by molar-refractivity contribution is 0.590. The summed E-state index contributed by atoms with van der Waals surface area (Å²) in [7, 11) is 0. The Balaban J connectivity index is 1.87. The summed E-state index contributed by atoms with van der Waals surface area (Å²) in [6.07, 6.45) is 8.73. The summed E-state index contributed by atoms with van der Waals surface area (Å²) in [5.41, 5.74) is 7.88. The summed E-state index contributed by atoms with van der Waals surface area (Å²) in [5.74, 6) is 0. The van der Waals surface area contributed by atoms with Crippen LogP contribution in [0.25, 0.3) is 22.5 Å². The van der Waals surface area contributed by atoms with Gasteiger partial charge in [-0.25, -0.2) is 0 Å². The summed E-state index contributed by atoms with van der Waals surface area (Å²) in [6, 6.07) is 19.8. The number of benzene rings is 2. The van der Waals surface area contributed by atoms with E-state index in [9.17, 15) is 0 Å². The monoisotopic (exact) mass is 509 g/mol. The van der Waals surface area contributed by atoms with Gasteiger partial charge in [0.2, 0.25) is 0 Å². The van der Waals surface area contributed by atoms with Crippen molar-refractivity contribution in [2.24, 2.45) is 0 Å². The smallest absolute Gasteiger partial charge is 0.0603 e. The molecule has 3 heteroatoms. The fraction of sp³-hybridized carbons (Fsp3) is 0.231. The van der Waals surface area contributed by atoms with Gasteiger partial charge in [-0.05, 0) is 69.8 Å². The summed E-state index contributed by atoms with van der Waals surface area (Å²) < 4.78 is 4.67. The van der Waals surface area contributed by atoms with Crippen molar-refractivity contribution in [1.29, 1.82) is 0 Å². The minimum absolute atomic E-state index is 0.151. The van der Waals surface area contributed by atoms with Crippen LogP contribution in [0.4, 0.5) is 0 Å². The molecule has 0 bridgehead atoms. The zero-order chi connectivity index (χ0) is 20.6. The van der Waals surface area contributed by atoms with Crippen LogP contribution in [0.1, 0.15) is 44.7 Å². The molecule has 2 aromatic carbocycles. The van der Waals surface area contributed by atoms with Crippen molar-refractivity contribution in [2.75, 3.05) is 0 Å². The number of rotatable bonds is 3. The van der Waals surface area contributed by atoms with Gasteiger partial charge in [0.25, 0.3) is 0 Å². The van der Waals surface area contributed by atoms with Gasteiger partial charge >= 0.3 is 0 Å². The van der Waals surface area contributed by atoms with E-state index in [1.807, 2.05) is 0 Å². The van der Waals surface area contributed by atoms with Gasteiger partial charge < -0.3 is 4.57 Å². The molecule has 0 atom stereocenters. The largest absolute Gasteiger partial charge is 0.316 e. The number of halogens is 2. The highest BCUT2D eigenvalue weighted by Crippen LogP contribution is 2.38. The molecule has 1 aliphatic carbocycles. The summed E-state index contributed by atoms with van der Waals surface area (Å²) in [4.78, 5) is 0. The highest BCUT2D eigenvalue weighted by molar-refractivity contribution is 9.11. The highest BCUT2D eigenvalue weighted by Gasteiger charge is 2.19. The van der Waals surface area contributed by atoms with Crippen LogP contribution in [0, 0.1) is 0 Å². The van der Waals surface area contributed by atoms with Crippen LogP contribution in [0.2, 0.25) is 0 Å². The number of aromatic nitrogens is 1. The fourth-order valence-electron chi connectivity index (χ4n) is 3.77. The van der Waals surface area contributed by atoms with Gasteiger partial charge in [0, 0.05) is 21.9 Å². The standard InChI is InChI=1S/C26H25Br2N/c1-26(2,3)20-8-4-19(5-9-20)25-24(18-6-10-21(27)11-7-18)16-17-29(25)23-14-12-22(28)13-15-23/h4-6,8-10,12-17H,7,11H2,1-3H3. The lowest BCUT2D eigenvalue weighted by Gasteiger charge is -2.20. The topological polar surface area (TPSA) is 4.93 Å². The normalized spacial score (nSPS) is 14.5. The van der Waals surface area contributed by atoms with Crippen molar-refractivity contribution in [3.8, 4) is 16.9 Å². The van der Waals surface area contributed by atoms with Crippen LogP contribution in [0.3, 0.4) is 0 Å². The summed E-state index contributed by atoms with van der Waals surface area (Å²) in [5, 5.41) is 0. The Morgan fingerprint density at radius 2 is 1.48 bits per heavy atom. The van der Waals surface area contributed by atoms with Crippen molar-refractivity contribution in [2.45, 2.75) is 39.0 Å². The second-order valence-electron chi connectivity index (χ2n) is 8.56. The van der Waals surface area contributed by atoms with E-state index >= 15 is 0 Å². The molecule has 0 unspecified atom stereocenters. The predicted octanol–water partition coefficient (Wildman–Crippen LogP) is 8.66. The van der Waals surface area contributed by atoms with E-state index in [1.54, 1.807) is 0 Å². The first kappa shape index (κ1) is 20.4. The van der Waals surface area contributed by atoms with Gasteiger partial charge in [0.1, 0.15) is 0 Å². The van der Waals surface area contributed by atoms with E-state index in [1.165, 1.54) is 38.1 Å². The third kappa shape index (κ3) is 4.36. The van der Waals surface area contributed by atoms with Crippen LogP contribution < -0.4 is 0 Å². The SMILES string of the molecule is CC(C)(C)c1ccc(-c2c(C3=CC=C(Br)CC3)ccn2-c2ccc(Br)cc2)cc1. The van der Waals surface area contributed by atoms with E-state index in [4.69, 9.17) is 0 Å². The molecule has 0 saturated carbocycles. The molecule has 0 spiro atoms. The molecule has 0 aliphatic heterocycles. The number of nitrogens with zero attached hydrogens (tertiary/aromatic N) is 1. The van der Waals surface area contributed by atoms with Gasteiger partial charge in [-0.15, -0.1) is 0 Å². The van der Waals surface area contributed by atoms with Crippen molar-refractivity contribution in [1.82, 2.24) is 4.57 Å². The van der Waals surface area contributed by atoms with E-state index < -0.39 is 0 Å². The first-order chi connectivity index (χ1) is 13.8. The Morgan fingerprint density at radius 1 is 0.793 bits per heavy atom. The van der Waals surface area contributed by atoms with E-state index in [2.05, 4.69) is 130 Å². The van der Waals surface area contributed by atoms with Crippen molar-refractivity contribution in [3.63, 3.8) is 0 Å². The average molecular weight is 511 g/mol. The van der Waals surface area contributed by atoms with Crippen molar-refractivity contribution in [3.05, 3.63) is 93.0 Å². The Hall–Kier alpha value is -1.84. The fourth-order valence-corrected chi connectivity index (χ4v) is 4.36. The third-order valence-electron chi connectivity index (χ3n) is 5.46. The Morgan fingerprint density at radius 3 is 2.07 bits per heavy atom. The maximum atomic E-state index is 3.63. The average Bonchev–Trinajstić information content (AvgIpc) is 3.13. The first-order valence-electron chi connectivity index (χ1n) is 9.97. The summed E-state index contributed by atoms with van der Waals surface area (Å²) >= 11 is 7.19. The molecular formula is C26H25Br2N. The lowest BCUT2D eigenvalue weighted by atomic mass is 9.86. The molecule has 0 N–H and O–H groups in total. The Kier molecular flexibility index (Phi) is 5.72. The number of hydrogen-bond donors (Lipinski definition) is 0. The molecule has 3 aromatic rings. The van der Waals surface area contributed by atoms with Gasteiger partial charge in [-0.1, -0.05) is 89.0 Å². The summed E-state index contributed by atoms with van der Waals surface area (Å²) in [6.45, 7) is 6.78. The Labute approximate surface area is 190 Å². The quantitative estimate of drug-likeness (QED) is 0.332. The van der Waals surface area contributed by atoms with Crippen LogP contribution in [-0.2, 0) is 5.41 Å². The van der Waals surface area contributed by atoms with Crippen LogP contribution in [0.15, 0.2) is 81.9 Å².